The molecule has 3 heterocycles. The normalized spacial score (nSPS) is 15.4. The summed E-state index contributed by atoms with van der Waals surface area (Å²) in [5.74, 6) is -0.111. The van der Waals surface area contributed by atoms with E-state index in [0.717, 1.165) is 34.0 Å². The van der Waals surface area contributed by atoms with Crippen LogP contribution in [0, 0.1) is 12.3 Å². The summed E-state index contributed by atoms with van der Waals surface area (Å²) in [4.78, 5) is 36.6. The van der Waals surface area contributed by atoms with E-state index in [1.165, 1.54) is 22.7 Å². The summed E-state index contributed by atoms with van der Waals surface area (Å²) in [6.45, 7) is 6.05. The van der Waals surface area contributed by atoms with E-state index in [4.69, 9.17) is 0 Å². The minimum Gasteiger partial charge on any atom is -0.297 e. The fraction of sp³-hybridized carbons (Fsp3) is 0.273. The molecule has 0 bridgehead atoms. The van der Waals surface area contributed by atoms with Crippen molar-refractivity contribution in [2.24, 2.45) is 5.41 Å². The van der Waals surface area contributed by atoms with E-state index in [-0.39, 0.29) is 17.1 Å². The number of anilines is 1. The Balaban J connectivity index is 1.41. The van der Waals surface area contributed by atoms with Crippen molar-refractivity contribution in [1.82, 2.24) is 14.4 Å². The molecular formula is C22H20N4O2S2. The van der Waals surface area contributed by atoms with Crippen molar-refractivity contribution in [3.8, 4) is 11.3 Å². The molecule has 30 heavy (non-hydrogen) atoms. The number of aryl methyl sites for hydroxylation is 1. The Morgan fingerprint density at radius 1 is 1.13 bits per heavy atom. The molecule has 0 radical (unpaired) electrons. The number of fused-ring (bicyclic) bond motifs is 2. The van der Waals surface area contributed by atoms with Crippen LogP contribution in [0.15, 0.2) is 36.5 Å². The van der Waals surface area contributed by atoms with Crippen molar-refractivity contribution in [3.63, 3.8) is 0 Å². The lowest BCUT2D eigenvalue weighted by Crippen LogP contribution is -2.26. The zero-order valence-corrected chi connectivity index (χ0v) is 18.5. The number of imidazole rings is 1. The molecule has 1 aromatic carbocycles. The summed E-state index contributed by atoms with van der Waals surface area (Å²) in [5.41, 5.74) is 3.46. The van der Waals surface area contributed by atoms with E-state index in [0.29, 0.717) is 21.3 Å². The molecule has 1 amide bonds. The second kappa shape index (κ2) is 6.85. The Hall–Kier alpha value is -2.84. The second-order valence-corrected chi connectivity index (χ2v) is 10.3. The van der Waals surface area contributed by atoms with E-state index in [1.807, 2.05) is 47.9 Å². The molecule has 0 aliphatic heterocycles. The first kappa shape index (κ1) is 19.1. The van der Waals surface area contributed by atoms with Crippen LogP contribution in [0.2, 0.25) is 0 Å². The minimum atomic E-state index is -0.220. The lowest BCUT2D eigenvalue weighted by molar-refractivity contribution is 0.0915. The molecule has 0 saturated heterocycles. The number of hydrogen-bond donors (Lipinski definition) is 1. The Kier molecular flexibility index (Phi) is 4.37. The second-order valence-electron chi connectivity index (χ2n) is 8.35. The molecule has 0 saturated carbocycles. The number of carbonyl (C=O) groups excluding carboxylic acids is 2. The van der Waals surface area contributed by atoms with Gasteiger partial charge >= 0.3 is 0 Å². The number of ketones is 1. The van der Waals surface area contributed by atoms with Crippen LogP contribution in [0.5, 0.6) is 0 Å². The van der Waals surface area contributed by atoms with Gasteiger partial charge in [-0.2, -0.15) is 0 Å². The van der Waals surface area contributed by atoms with E-state index in [1.54, 1.807) is 0 Å². The van der Waals surface area contributed by atoms with Gasteiger partial charge in [-0.05, 0) is 18.8 Å². The van der Waals surface area contributed by atoms with Gasteiger partial charge in [-0.15, -0.1) is 0 Å². The Morgan fingerprint density at radius 2 is 1.90 bits per heavy atom. The fourth-order valence-corrected chi connectivity index (χ4v) is 5.76. The average Bonchev–Trinajstić information content (AvgIpc) is 3.36. The predicted octanol–water partition coefficient (Wildman–Crippen LogP) is 5.24. The van der Waals surface area contributed by atoms with Gasteiger partial charge in [-0.3, -0.25) is 19.3 Å². The van der Waals surface area contributed by atoms with Crippen molar-refractivity contribution < 1.29 is 9.59 Å². The van der Waals surface area contributed by atoms with E-state index >= 15 is 0 Å². The number of benzene rings is 1. The molecule has 3 aromatic heterocycles. The van der Waals surface area contributed by atoms with Crippen LogP contribution in [0.1, 0.15) is 51.0 Å². The number of aromatic nitrogens is 3. The summed E-state index contributed by atoms with van der Waals surface area (Å²) in [7, 11) is 0. The van der Waals surface area contributed by atoms with E-state index in [2.05, 4.69) is 29.1 Å². The number of carbonyl (C=O) groups is 2. The monoisotopic (exact) mass is 436 g/mol. The van der Waals surface area contributed by atoms with Crippen LogP contribution in [-0.2, 0) is 6.42 Å². The average molecular weight is 437 g/mol. The maximum Gasteiger partial charge on any atom is 0.269 e. The van der Waals surface area contributed by atoms with Crippen LogP contribution in [-0.4, -0.2) is 26.1 Å². The van der Waals surface area contributed by atoms with E-state index in [9.17, 15) is 9.59 Å². The number of Topliss-reactive ketones (excluding diaryl/α,β-unsaturated/α-hetero) is 1. The van der Waals surface area contributed by atoms with Gasteiger partial charge in [0.25, 0.3) is 5.91 Å². The molecule has 6 nitrogen and oxygen atoms in total. The lowest BCUT2D eigenvalue weighted by Gasteiger charge is -2.26. The van der Waals surface area contributed by atoms with Crippen LogP contribution < -0.4 is 5.32 Å². The summed E-state index contributed by atoms with van der Waals surface area (Å²) < 4.78 is 1.95. The lowest BCUT2D eigenvalue weighted by atomic mass is 9.78. The maximum atomic E-state index is 12.9. The summed E-state index contributed by atoms with van der Waals surface area (Å²) >= 11 is 2.62. The molecule has 1 N–H and O–H groups in total. The molecule has 0 unspecified atom stereocenters. The van der Waals surface area contributed by atoms with Gasteiger partial charge in [0, 0.05) is 23.9 Å². The highest BCUT2D eigenvalue weighted by Gasteiger charge is 2.34. The van der Waals surface area contributed by atoms with Gasteiger partial charge in [0.1, 0.15) is 4.88 Å². The fourth-order valence-electron chi connectivity index (χ4n) is 3.84. The zero-order chi connectivity index (χ0) is 21.0. The molecule has 0 atom stereocenters. The predicted molar refractivity (Wildman–Crippen MR) is 120 cm³/mol. The van der Waals surface area contributed by atoms with Gasteiger partial charge in [-0.25, -0.2) is 9.97 Å². The highest BCUT2D eigenvalue weighted by atomic mass is 32.1. The van der Waals surface area contributed by atoms with Gasteiger partial charge in [0.2, 0.25) is 0 Å². The number of amides is 1. The van der Waals surface area contributed by atoms with Crippen molar-refractivity contribution in [2.75, 3.05) is 5.32 Å². The summed E-state index contributed by atoms with van der Waals surface area (Å²) in [6, 6.07) is 9.97. The highest BCUT2D eigenvalue weighted by Crippen LogP contribution is 2.38. The largest absolute Gasteiger partial charge is 0.297 e. The Bertz CT molecular complexity index is 1300. The van der Waals surface area contributed by atoms with Crippen LogP contribution in [0.4, 0.5) is 5.13 Å². The highest BCUT2D eigenvalue weighted by molar-refractivity contribution is 7.19. The molecule has 0 spiro atoms. The van der Waals surface area contributed by atoms with Crippen molar-refractivity contribution in [1.29, 1.82) is 0 Å². The number of rotatable bonds is 3. The van der Waals surface area contributed by atoms with Gasteiger partial charge in [0.15, 0.2) is 15.9 Å². The van der Waals surface area contributed by atoms with E-state index < -0.39 is 0 Å². The maximum absolute atomic E-state index is 12.9. The number of thiazole rings is 2. The number of nitrogens with one attached hydrogen (secondary N) is 1. The third kappa shape index (κ3) is 3.26. The third-order valence-corrected chi connectivity index (χ3v) is 7.50. The number of hydrogen-bond acceptors (Lipinski definition) is 6. The smallest absolute Gasteiger partial charge is 0.269 e. The molecule has 0 fully saturated rings. The van der Waals surface area contributed by atoms with Crippen molar-refractivity contribution in [3.05, 3.63) is 57.7 Å². The molecular weight excluding hydrogens is 416 g/mol. The zero-order valence-electron chi connectivity index (χ0n) is 16.9. The Morgan fingerprint density at radius 3 is 2.63 bits per heavy atom. The molecule has 1 aliphatic rings. The number of nitrogens with zero attached hydrogens (tertiary/aromatic N) is 3. The van der Waals surface area contributed by atoms with Crippen molar-refractivity contribution >= 4 is 44.5 Å². The topological polar surface area (TPSA) is 76.4 Å². The van der Waals surface area contributed by atoms with Gasteiger partial charge in [-0.1, -0.05) is 66.9 Å². The standard InChI is InChI=1S/C22H20N4O2S2/c1-12-17(30-21-24-15(11-26(12)21)13-7-5-4-6-8-13)19(28)25-20-23-14-9-22(2,3)10-16(27)18(14)29-20/h4-8,11H,9-10H2,1-3H3,(H,23,25,28). The summed E-state index contributed by atoms with van der Waals surface area (Å²) in [6.07, 6.45) is 3.21. The SMILES string of the molecule is Cc1c(C(=O)Nc2nc3c(s2)C(=O)CC(C)(C)C3)sc2nc(-c3ccccc3)cn12. The molecule has 4 aromatic rings. The first-order valence-electron chi connectivity index (χ1n) is 9.69. The Labute approximate surface area is 181 Å². The molecule has 5 rings (SSSR count). The van der Waals surface area contributed by atoms with Crippen LogP contribution >= 0.6 is 22.7 Å². The first-order chi connectivity index (χ1) is 14.3. The molecule has 8 heteroatoms. The molecule has 152 valence electrons. The quantitative estimate of drug-likeness (QED) is 0.477. The summed E-state index contributed by atoms with van der Waals surface area (Å²) in [5, 5.41) is 3.36. The van der Waals surface area contributed by atoms with Gasteiger partial charge in [0.05, 0.1) is 16.3 Å². The molecule has 1 aliphatic carbocycles. The first-order valence-corrected chi connectivity index (χ1v) is 11.3. The van der Waals surface area contributed by atoms with Crippen LogP contribution in [0.3, 0.4) is 0 Å². The third-order valence-electron chi connectivity index (χ3n) is 5.29. The van der Waals surface area contributed by atoms with Crippen molar-refractivity contribution in [2.45, 2.75) is 33.6 Å². The van der Waals surface area contributed by atoms with Gasteiger partial charge < -0.3 is 0 Å². The minimum absolute atomic E-state index is 0.0917. The van der Waals surface area contributed by atoms with Crippen LogP contribution in [0.25, 0.3) is 16.2 Å².